The molecule has 2 unspecified atom stereocenters. The normalized spacial score (nSPS) is 25.6. The number of nitrogens with zero attached hydrogens (tertiary/aromatic N) is 3. The van der Waals surface area contributed by atoms with E-state index < -0.39 is 0 Å². The molecule has 1 fully saturated rings. The molecule has 0 saturated carbocycles. The van der Waals surface area contributed by atoms with Gasteiger partial charge in [-0.2, -0.15) is 5.10 Å². The summed E-state index contributed by atoms with van der Waals surface area (Å²) in [6, 6.07) is 2.25. The largest absolute Gasteiger partial charge is 0.297 e. The van der Waals surface area contributed by atoms with Crippen molar-refractivity contribution in [3.05, 3.63) is 17.5 Å². The van der Waals surface area contributed by atoms with E-state index in [9.17, 15) is 0 Å². The maximum Gasteiger partial charge on any atom is 0.0625 e. The highest BCUT2D eigenvalue weighted by atomic mass is 35.5. The molecular weight excluding hydrogens is 246 g/mol. The van der Waals surface area contributed by atoms with E-state index >= 15 is 0 Å². The van der Waals surface area contributed by atoms with Crippen molar-refractivity contribution < 1.29 is 0 Å². The molecule has 0 bridgehead atoms. The van der Waals surface area contributed by atoms with Crippen LogP contribution in [-0.4, -0.2) is 33.1 Å². The Morgan fingerprint density at radius 1 is 1.44 bits per heavy atom. The minimum atomic E-state index is 0.350. The van der Waals surface area contributed by atoms with Crippen molar-refractivity contribution in [1.29, 1.82) is 0 Å². The molecule has 18 heavy (non-hydrogen) atoms. The van der Waals surface area contributed by atoms with E-state index in [1.54, 1.807) is 0 Å². The van der Waals surface area contributed by atoms with Crippen LogP contribution in [0.2, 0.25) is 0 Å². The molecule has 1 aliphatic heterocycles. The van der Waals surface area contributed by atoms with Gasteiger partial charge in [-0.05, 0) is 38.3 Å². The summed E-state index contributed by atoms with van der Waals surface area (Å²) in [7, 11) is 0. The van der Waals surface area contributed by atoms with E-state index in [1.165, 1.54) is 11.4 Å². The number of aryl methyl sites for hydroxylation is 2. The summed E-state index contributed by atoms with van der Waals surface area (Å²) < 4.78 is 2.14. The van der Waals surface area contributed by atoms with Gasteiger partial charge in [0.1, 0.15) is 0 Å². The summed E-state index contributed by atoms with van der Waals surface area (Å²) in [6.45, 7) is 10.7. The molecular formula is C14H24ClN3. The Morgan fingerprint density at radius 3 is 2.83 bits per heavy atom. The first-order valence-electron chi connectivity index (χ1n) is 7.06. The second-order valence-electron chi connectivity index (χ2n) is 5.31. The Morgan fingerprint density at radius 2 is 2.22 bits per heavy atom. The molecule has 0 aromatic carbocycles. The summed E-state index contributed by atoms with van der Waals surface area (Å²) in [6.07, 6.45) is 2.11. The van der Waals surface area contributed by atoms with E-state index in [2.05, 4.69) is 41.5 Å². The highest BCUT2D eigenvalue weighted by molar-refractivity contribution is 6.20. The lowest BCUT2D eigenvalue weighted by molar-refractivity contribution is 0.175. The van der Waals surface area contributed by atoms with Crippen LogP contribution in [-0.2, 0) is 19.5 Å². The predicted molar refractivity (Wildman–Crippen MR) is 76.0 cm³/mol. The zero-order valence-corrected chi connectivity index (χ0v) is 12.5. The number of alkyl halides is 1. The standard InChI is InChI=1S/C14H24ClN3/c1-4-12-8-13(18(5-2)16-12)10-17-7-6-14(15)11(3)9-17/h8,11,14H,4-7,9-10H2,1-3H3. The van der Waals surface area contributed by atoms with Crippen molar-refractivity contribution in [3.63, 3.8) is 0 Å². The first-order valence-corrected chi connectivity index (χ1v) is 7.49. The first-order chi connectivity index (χ1) is 8.63. The molecule has 0 amide bonds. The van der Waals surface area contributed by atoms with Crippen molar-refractivity contribution in [1.82, 2.24) is 14.7 Å². The van der Waals surface area contributed by atoms with Gasteiger partial charge in [-0.25, -0.2) is 0 Å². The zero-order valence-electron chi connectivity index (χ0n) is 11.7. The molecule has 2 rings (SSSR count). The van der Waals surface area contributed by atoms with Crippen LogP contribution in [0, 0.1) is 5.92 Å². The molecule has 4 heteroatoms. The lowest BCUT2D eigenvalue weighted by atomic mass is 9.99. The fourth-order valence-electron chi connectivity index (χ4n) is 2.66. The maximum atomic E-state index is 6.28. The van der Waals surface area contributed by atoms with Gasteiger partial charge < -0.3 is 0 Å². The van der Waals surface area contributed by atoms with Gasteiger partial charge in [-0.1, -0.05) is 13.8 Å². The third-order valence-corrected chi connectivity index (χ3v) is 4.49. The topological polar surface area (TPSA) is 21.1 Å². The molecule has 0 spiro atoms. The van der Waals surface area contributed by atoms with E-state index in [4.69, 9.17) is 11.6 Å². The Hall–Kier alpha value is -0.540. The van der Waals surface area contributed by atoms with Crippen LogP contribution in [0.25, 0.3) is 0 Å². The lowest BCUT2D eigenvalue weighted by Crippen LogP contribution is -2.39. The fraction of sp³-hybridized carbons (Fsp3) is 0.786. The summed E-state index contributed by atoms with van der Waals surface area (Å²) in [5, 5.41) is 4.96. The van der Waals surface area contributed by atoms with Crippen LogP contribution in [0.3, 0.4) is 0 Å². The third kappa shape index (κ3) is 3.07. The Bertz CT molecular complexity index is 388. The Kier molecular flexibility index (Phi) is 4.68. The van der Waals surface area contributed by atoms with Crippen molar-refractivity contribution in [2.24, 2.45) is 5.92 Å². The number of rotatable bonds is 4. The van der Waals surface area contributed by atoms with Crippen molar-refractivity contribution in [3.8, 4) is 0 Å². The second kappa shape index (κ2) is 6.07. The molecule has 102 valence electrons. The van der Waals surface area contributed by atoms with Crippen molar-refractivity contribution in [2.45, 2.75) is 52.1 Å². The molecule has 0 N–H and O–H groups in total. The molecule has 3 nitrogen and oxygen atoms in total. The van der Waals surface area contributed by atoms with Gasteiger partial charge in [-0.3, -0.25) is 9.58 Å². The summed E-state index contributed by atoms with van der Waals surface area (Å²) in [4.78, 5) is 2.51. The smallest absolute Gasteiger partial charge is 0.0625 e. The number of aromatic nitrogens is 2. The average molecular weight is 270 g/mol. The number of likely N-dealkylation sites (tertiary alicyclic amines) is 1. The number of halogens is 1. The molecule has 1 aromatic rings. The number of hydrogen-bond donors (Lipinski definition) is 0. The summed E-state index contributed by atoms with van der Waals surface area (Å²) >= 11 is 6.28. The van der Waals surface area contributed by atoms with E-state index in [1.807, 2.05) is 0 Å². The zero-order chi connectivity index (χ0) is 13.1. The van der Waals surface area contributed by atoms with Crippen LogP contribution in [0.5, 0.6) is 0 Å². The third-order valence-electron chi connectivity index (χ3n) is 3.85. The maximum absolute atomic E-state index is 6.28. The molecule has 1 aliphatic rings. The Labute approximate surface area is 115 Å². The van der Waals surface area contributed by atoms with E-state index in [-0.39, 0.29) is 0 Å². The highest BCUT2D eigenvalue weighted by Gasteiger charge is 2.24. The van der Waals surface area contributed by atoms with Crippen molar-refractivity contribution in [2.75, 3.05) is 13.1 Å². The monoisotopic (exact) mass is 269 g/mol. The Balaban J connectivity index is 2.02. The van der Waals surface area contributed by atoms with E-state index in [0.29, 0.717) is 11.3 Å². The first kappa shape index (κ1) is 13.9. The molecule has 2 atom stereocenters. The fourth-order valence-corrected chi connectivity index (χ4v) is 2.84. The van der Waals surface area contributed by atoms with Gasteiger partial charge in [0.2, 0.25) is 0 Å². The predicted octanol–water partition coefficient (Wildman–Crippen LogP) is 2.91. The van der Waals surface area contributed by atoms with Gasteiger partial charge in [0.25, 0.3) is 0 Å². The average Bonchev–Trinajstić information content (AvgIpc) is 2.76. The number of piperidine rings is 1. The molecule has 2 heterocycles. The van der Waals surface area contributed by atoms with Crippen LogP contribution in [0.1, 0.15) is 38.6 Å². The molecule has 0 aliphatic carbocycles. The summed E-state index contributed by atoms with van der Waals surface area (Å²) in [5.41, 5.74) is 2.54. The summed E-state index contributed by atoms with van der Waals surface area (Å²) in [5.74, 6) is 0.587. The minimum absolute atomic E-state index is 0.350. The molecule has 1 saturated heterocycles. The molecule has 1 aromatic heterocycles. The van der Waals surface area contributed by atoms with Crippen LogP contribution < -0.4 is 0 Å². The highest BCUT2D eigenvalue weighted by Crippen LogP contribution is 2.23. The van der Waals surface area contributed by atoms with E-state index in [0.717, 1.165) is 39.0 Å². The minimum Gasteiger partial charge on any atom is -0.297 e. The van der Waals surface area contributed by atoms with Gasteiger partial charge >= 0.3 is 0 Å². The van der Waals surface area contributed by atoms with Crippen LogP contribution >= 0.6 is 11.6 Å². The van der Waals surface area contributed by atoms with Gasteiger partial charge in [-0.15, -0.1) is 11.6 Å². The van der Waals surface area contributed by atoms with Gasteiger partial charge in [0.15, 0.2) is 0 Å². The van der Waals surface area contributed by atoms with Crippen LogP contribution in [0.15, 0.2) is 6.07 Å². The lowest BCUT2D eigenvalue weighted by Gasteiger charge is -2.34. The number of hydrogen-bond acceptors (Lipinski definition) is 2. The quantitative estimate of drug-likeness (QED) is 0.784. The SMILES string of the molecule is CCc1cc(CN2CCC(Cl)C(C)C2)n(CC)n1. The molecule has 0 radical (unpaired) electrons. The van der Waals surface area contributed by atoms with Gasteiger partial charge in [0.05, 0.1) is 11.4 Å². The second-order valence-corrected chi connectivity index (χ2v) is 5.87. The van der Waals surface area contributed by atoms with Crippen molar-refractivity contribution >= 4 is 11.6 Å². The van der Waals surface area contributed by atoms with Gasteiger partial charge in [0, 0.05) is 25.0 Å². The van der Waals surface area contributed by atoms with Crippen LogP contribution in [0.4, 0.5) is 0 Å².